The van der Waals surface area contributed by atoms with Crippen molar-refractivity contribution in [2.45, 2.75) is 17.1 Å². The molecule has 0 fully saturated rings. The van der Waals surface area contributed by atoms with Crippen LogP contribution >= 0.6 is 11.8 Å². The van der Waals surface area contributed by atoms with Crippen molar-refractivity contribution in [3.63, 3.8) is 0 Å². The molecule has 35 heavy (non-hydrogen) atoms. The highest BCUT2D eigenvalue weighted by Crippen LogP contribution is 2.34. The van der Waals surface area contributed by atoms with Gasteiger partial charge in [-0.15, -0.1) is 10.2 Å². The Morgan fingerprint density at radius 2 is 2.00 bits per heavy atom. The number of rotatable bonds is 9. The first-order chi connectivity index (χ1) is 16.7. The summed E-state index contributed by atoms with van der Waals surface area (Å²) in [5, 5.41) is 11.3. The van der Waals surface area contributed by atoms with Crippen LogP contribution in [0.4, 0.5) is 13.2 Å². The highest BCUT2D eigenvalue weighted by atomic mass is 32.2. The molecule has 184 valence electrons. The summed E-state index contributed by atoms with van der Waals surface area (Å²) in [7, 11) is 3.79. The molecule has 13 heteroatoms. The zero-order chi connectivity index (χ0) is 25.0. The van der Waals surface area contributed by atoms with Crippen LogP contribution in [-0.2, 0) is 11.9 Å². The number of thioether (sulfide) groups is 1. The first-order valence-electron chi connectivity index (χ1n) is 10.4. The summed E-state index contributed by atoms with van der Waals surface area (Å²) in [5.41, 5.74) is -0.454. The van der Waals surface area contributed by atoms with Crippen molar-refractivity contribution in [2.24, 2.45) is 0 Å². The van der Waals surface area contributed by atoms with E-state index >= 15 is 0 Å². The SMILES string of the molecule is CN(C)CCNC(=O)c1coc(CSc2nnc(-c3ccco3)n2-c2cccc(C(F)(F)F)c2)n1. The Balaban J connectivity index is 1.56. The summed E-state index contributed by atoms with van der Waals surface area (Å²) in [4.78, 5) is 18.3. The summed E-state index contributed by atoms with van der Waals surface area (Å²) in [6, 6.07) is 8.12. The van der Waals surface area contributed by atoms with Crippen LogP contribution < -0.4 is 5.32 Å². The molecule has 4 aromatic rings. The van der Waals surface area contributed by atoms with Crippen molar-refractivity contribution in [1.29, 1.82) is 0 Å². The van der Waals surface area contributed by atoms with E-state index in [9.17, 15) is 18.0 Å². The van der Waals surface area contributed by atoms with E-state index < -0.39 is 11.7 Å². The topological polar surface area (TPSA) is 102 Å². The van der Waals surface area contributed by atoms with E-state index in [4.69, 9.17) is 8.83 Å². The van der Waals surface area contributed by atoms with Gasteiger partial charge in [-0.25, -0.2) is 4.98 Å². The number of hydrogen-bond donors (Lipinski definition) is 1. The minimum atomic E-state index is -4.51. The van der Waals surface area contributed by atoms with Crippen LogP contribution in [0, 0.1) is 0 Å². The fraction of sp³-hybridized carbons (Fsp3) is 0.273. The highest BCUT2D eigenvalue weighted by molar-refractivity contribution is 7.98. The Labute approximate surface area is 202 Å². The molecule has 1 aromatic carbocycles. The normalized spacial score (nSPS) is 11.8. The number of benzene rings is 1. The Morgan fingerprint density at radius 1 is 1.17 bits per heavy atom. The van der Waals surface area contributed by atoms with Crippen LogP contribution in [0.25, 0.3) is 17.3 Å². The molecule has 0 saturated heterocycles. The van der Waals surface area contributed by atoms with E-state index in [0.29, 0.717) is 24.0 Å². The van der Waals surface area contributed by atoms with Gasteiger partial charge in [0, 0.05) is 13.1 Å². The van der Waals surface area contributed by atoms with E-state index in [2.05, 4.69) is 20.5 Å². The molecular weight excluding hydrogens is 485 g/mol. The third kappa shape index (κ3) is 5.92. The molecule has 3 heterocycles. The van der Waals surface area contributed by atoms with Gasteiger partial charge in [-0.3, -0.25) is 9.36 Å². The van der Waals surface area contributed by atoms with Gasteiger partial charge in [0.25, 0.3) is 5.91 Å². The van der Waals surface area contributed by atoms with E-state index in [0.717, 1.165) is 23.9 Å². The monoisotopic (exact) mass is 506 g/mol. The smallest absolute Gasteiger partial charge is 0.416 e. The number of aromatic nitrogens is 4. The Kier molecular flexibility index (Phi) is 7.26. The number of furan rings is 1. The van der Waals surface area contributed by atoms with Crippen LogP contribution in [-0.4, -0.2) is 57.7 Å². The van der Waals surface area contributed by atoms with E-state index in [1.165, 1.54) is 29.2 Å². The Morgan fingerprint density at radius 3 is 2.71 bits per heavy atom. The molecule has 1 N–H and O–H groups in total. The molecule has 0 bridgehead atoms. The zero-order valence-corrected chi connectivity index (χ0v) is 19.6. The van der Waals surface area contributed by atoms with E-state index in [1.807, 2.05) is 19.0 Å². The molecule has 0 radical (unpaired) electrons. The number of carbonyl (C=O) groups excluding carboxylic acids is 1. The van der Waals surface area contributed by atoms with Crippen LogP contribution in [0.1, 0.15) is 21.9 Å². The van der Waals surface area contributed by atoms with E-state index in [-0.39, 0.29) is 34.8 Å². The fourth-order valence-corrected chi connectivity index (χ4v) is 3.88. The first-order valence-corrected chi connectivity index (χ1v) is 11.4. The molecule has 0 aliphatic rings. The second-order valence-corrected chi connectivity index (χ2v) is 8.58. The largest absolute Gasteiger partial charge is 0.461 e. The lowest BCUT2D eigenvalue weighted by atomic mass is 10.2. The molecule has 0 unspecified atom stereocenters. The van der Waals surface area contributed by atoms with Crippen LogP contribution in [0.3, 0.4) is 0 Å². The molecule has 0 saturated carbocycles. The van der Waals surface area contributed by atoms with Gasteiger partial charge in [0.1, 0.15) is 6.26 Å². The maximum atomic E-state index is 13.3. The maximum absolute atomic E-state index is 13.3. The predicted octanol–water partition coefficient (Wildman–Crippen LogP) is 4.12. The van der Waals surface area contributed by atoms with Crippen molar-refractivity contribution < 1.29 is 26.8 Å². The van der Waals surface area contributed by atoms with Crippen molar-refractivity contribution in [1.82, 2.24) is 30.0 Å². The Bertz CT molecular complexity index is 1280. The number of nitrogens with one attached hydrogen (secondary N) is 1. The standard InChI is InChI=1S/C22H21F3N6O3S/c1-30(2)9-8-26-20(32)16-12-34-18(27-16)13-35-21-29-28-19(17-7-4-10-33-17)31(21)15-6-3-5-14(11-15)22(23,24)25/h3-7,10-12H,8-9,13H2,1-2H3,(H,26,32). The molecule has 0 aliphatic heterocycles. The molecule has 0 atom stereocenters. The van der Waals surface area contributed by atoms with E-state index in [1.54, 1.807) is 12.1 Å². The zero-order valence-electron chi connectivity index (χ0n) is 18.7. The first kappa shape index (κ1) is 24.5. The van der Waals surface area contributed by atoms with Crippen LogP contribution in [0.15, 0.2) is 62.9 Å². The molecule has 9 nitrogen and oxygen atoms in total. The molecule has 4 rings (SSSR count). The van der Waals surface area contributed by atoms with Crippen molar-refractivity contribution in [3.05, 3.63) is 66.1 Å². The molecule has 3 aromatic heterocycles. The average molecular weight is 507 g/mol. The van der Waals surface area contributed by atoms with Gasteiger partial charge < -0.3 is 19.1 Å². The minimum absolute atomic E-state index is 0.134. The predicted molar refractivity (Wildman–Crippen MR) is 121 cm³/mol. The van der Waals surface area contributed by atoms with Gasteiger partial charge >= 0.3 is 6.18 Å². The molecule has 0 aliphatic carbocycles. The van der Waals surface area contributed by atoms with Crippen LogP contribution in [0.2, 0.25) is 0 Å². The summed E-state index contributed by atoms with van der Waals surface area (Å²) in [6.07, 6.45) is -1.82. The lowest BCUT2D eigenvalue weighted by molar-refractivity contribution is -0.137. The number of nitrogens with zero attached hydrogens (tertiary/aromatic N) is 5. The van der Waals surface area contributed by atoms with Gasteiger partial charge in [0.2, 0.25) is 11.7 Å². The summed E-state index contributed by atoms with van der Waals surface area (Å²) in [5.74, 6) is 0.644. The third-order valence-electron chi connectivity index (χ3n) is 4.76. The number of hydrogen-bond acceptors (Lipinski definition) is 8. The second kappa shape index (κ2) is 10.4. The number of amides is 1. The fourth-order valence-electron chi connectivity index (χ4n) is 3.07. The highest BCUT2D eigenvalue weighted by Gasteiger charge is 2.31. The van der Waals surface area contributed by atoms with Crippen LogP contribution in [0.5, 0.6) is 0 Å². The summed E-state index contributed by atoms with van der Waals surface area (Å²) < 4.78 is 52.2. The van der Waals surface area contributed by atoms with Gasteiger partial charge in [-0.1, -0.05) is 17.8 Å². The average Bonchev–Trinajstić information content (AvgIpc) is 3.57. The van der Waals surface area contributed by atoms with Gasteiger partial charge in [-0.2, -0.15) is 13.2 Å². The lowest BCUT2D eigenvalue weighted by Gasteiger charge is -2.12. The van der Waals surface area contributed by atoms with Gasteiger partial charge in [0.05, 0.1) is 23.3 Å². The van der Waals surface area contributed by atoms with Crippen molar-refractivity contribution >= 4 is 17.7 Å². The molecular formula is C22H21F3N6O3S. The number of alkyl halides is 3. The third-order valence-corrected chi connectivity index (χ3v) is 5.67. The van der Waals surface area contributed by atoms with Crippen molar-refractivity contribution in [3.8, 4) is 17.3 Å². The quantitative estimate of drug-likeness (QED) is 0.338. The number of carbonyl (C=O) groups is 1. The van der Waals surface area contributed by atoms with Gasteiger partial charge in [0.15, 0.2) is 16.6 Å². The van der Waals surface area contributed by atoms with Crippen molar-refractivity contribution in [2.75, 3.05) is 27.2 Å². The minimum Gasteiger partial charge on any atom is -0.461 e. The maximum Gasteiger partial charge on any atom is 0.416 e. The van der Waals surface area contributed by atoms with Gasteiger partial charge in [-0.05, 0) is 44.4 Å². The number of oxazole rings is 1. The molecule has 1 amide bonds. The second-order valence-electron chi connectivity index (χ2n) is 7.64. The molecule has 0 spiro atoms. The summed E-state index contributed by atoms with van der Waals surface area (Å²) >= 11 is 1.15. The lowest BCUT2D eigenvalue weighted by Crippen LogP contribution is -2.31. The Hall–Kier alpha value is -3.58. The number of halogens is 3. The summed E-state index contributed by atoms with van der Waals surface area (Å²) in [6.45, 7) is 1.13. The number of likely N-dealkylation sites (N-methyl/N-ethyl adjacent to an activating group) is 1.